The molecule has 0 radical (unpaired) electrons. The van der Waals surface area contributed by atoms with Gasteiger partial charge >= 0.3 is 0 Å². The average Bonchev–Trinajstić information content (AvgIpc) is 3.54. The third-order valence-corrected chi connectivity index (χ3v) is 6.25. The lowest BCUT2D eigenvalue weighted by molar-refractivity contribution is -0.130. The summed E-state index contributed by atoms with van der Waals surface area (Å²) in [6.07, 6.45) is 3.35. The summed E-state index contributed by atoms with van der Waals surface area (Å²) in [7, 11) is 0. The van der Waals surface area contributed by atoms with Crippen LogP contribution in [0.15, 0.2) is 97.2 Å². The van der Waals surface area contributed by atoms with Gasteiger partial charge in [-0.05, 0) is 17.5 Å². The molecular weight excluding hydrogens is 396 g/mol. The average molecular weight is 423 g/mol. The highest BCUT2D eigenvalue weighted by Crippen LogP contribution is 2.30. The fourth-order valence-corrected chi connectivity index (χ4v) is 4.48. The van der Waals surface area contributed by atoms with E-state index in [1.54, 1.807) is 0 Å². The number of likely N-dealkylation sites (tertiary alicyclic amines) is 1. The zero-order valence-electron chi connectivity index (χ0n) is 17.9. The molecule has 1 aliphatic rings. The molecule has 5 nitrogen and oxygen atoms in total. The molecule has 3 aromatic carbocycles. The Bertz CT molecular complexity index is 1120. The van der Waals surface area contributed by atoms with Crippen LogP contribution in [-0.4, -0.2) is 38.9 Å². The molecule has 1 fully saturated rings. The second-order valence-electron chi connectivity index (χ2n) is 8.31. The number of rotatable bonds is 6. The van der Waals surface area contributed by atoms with Gasteiger partial charge < -0.3 is 4.90 Å². The maximum atomic E-state index is 13.3. The molecular formula is C27H26N4O. The largest absolute Gasteiger partial charge is 0.340 e. The summed E-state index contributed by atoms with van der Waals surface area (Å²) in [6, 6.07) is 30.8. The molecule has 4 aromatic rings. The number of benzene rings is 3. The van der Waals surface area contributed by atoms with Crippen LogP contribution in [0.3, 0.4) is 0 Å². The molecule has 1 amide bonds. The first kappa shape index (κ1) is 20.2. The monoisotopic (exact) mass is 422 g/mol. The van der Waals surface area contributed by atoms with Gasteiger partial charge in [-0.2, -0.15) is 0 Å². The summed E-state index contributed by atoms with van der Waals surface area (Å²) >= 11 is 0. The number of aromatic nitrogens is 3. The number of carbonyl (C=O) groups is 1. The molecule has 2 heterocycles. The molecule has 1 aromatic heterocycles. The standard InChI is InChI=1S/C27H26N4O/c32-27(18-25(21-10-4-1-5-11-21)22-12-6-2-7-13-22)30-17-16-24(19-30)31-20-26(28-29-31)23-14-8-3-9-15-23/h1-15,20,24-25H,16-19H2/t24-/m1/s1. The molecule has 0 unspecified atom stereocenters. The van der Waals surface area contributed by atoms with Crippen molar-refractivity contribution in [3.8, 4) is 11.3 Å². The third-order valence-electron chi connectivity index (χ3n) is 6.25. The van der Waals surface area contributed by atoms with Crippen molar-refractivity contribution in [3.05, 3.63) is 108 Å². The van der Waals surface area contributed by atoms with Crippen LogP contribution in [0.2, 0.25) is 0 Å². The molecule has 5 heteroatoms. The van der Waals surface area contributed by atoms with Gasteiger partial charge in [0.25, 0.3) is 0 Å². The molecule has 0 spiro atoms. The van der Waals surface area contributed by atoms with E-state index in [4.69, 9.17) is 0 Å². The van der Waals surface area contributed by atoms with Crippen molar-refractivity contribution >= 4 is 5.91 Å². The van der Waals surface area contributed by atoms with Crippen molar-refractivity contribution in [1.29, 1.82) is 0 Å². The molecule has 1 saturated heterocycles. The Morgan fingerprint density at radius 2 is 1.47 bits per heavy atom. The Hall–Kier alpha value is -3.73. The maximum Gasteiger partial charge on any atom is 0.223 e. The molecule has 1 aliphatic heterocycles. The topological polar surface area (TPSA) is 51.0 Å². The van der Waals surface area contributed by atoms with Gasteiger partial charge in [0.05, 0.1) is 12.2 Å². The van der Waals surface area contributed by atoms with Crippen molar-refractivity contribution in [2.24, 2.45) is 0 Å². The summed E-state index contributed by atoms with van der Waals surface area (Å²) in [5.74, 6) is 0.244. The van der Waals surface area contributed by atoms with Gasteiger partial charge in [0.2, 0.25) is 5.91 Å². The minimum atomic E-state index is 0.0556. The van der Waals surface area contributed by atoms with E-state index in [2.05, 4.69) is 34.6 Å². The smallest absolute Gasteiger partial charge is 0.223 e. The first-order valence-electron chi connectivity index (χ1n) is 11.1. The molecule has 1 atom stereocenters. The van der Waals surface area contributed by atoms with Crippen LogP contribution in [0.4, 0.5) is 0 Å². The number of hydrogen-bond acceptors (Lipinski definition) is 3. The quantitative estimate of drug-likeness (QED) is 0.442. The van der Waals surface area contributed by atoms with E-state index >= 15 is 0 Å². The Labute approximate surface area is 188 Å². The number of hydrogen-bond donors (Lipinski definition) is 0. The fourth-order valence-electron chi connectivity index (χ4n) is 4.48. The fraction of sp³-hybridized carbons (Fsp3) is 0.222. The molecule has 32 heavy (non-hydrogen) atoms. The number of nitrogens with zero attached hydrogens (tertiary/aromatic N) is 4. The van der Waals surface area contributed by atoms with Crippen LogP contribution in [-0.2, 0) is 4.79 Å². The SMILES string of the molecule is O=C(CC(c1ccccc1)c1ccccc1)N1CC[C@@H](n2cc(-c3ccccc3)nn2)C1. The van der Waals surface area contributed by atoms with Crippen molar-refractivity contribution < 1.29 is 4.79 Å². The van der Waals surface area contributed by atoms with E-state index in [0.717, 1.165) is 24.2 Å². The zero-order chi connectivity index (χ0) is 21.8. The van der Waals surface area contributed by atoms with Gasteiger partial charge in [0.1, 0.15) is 5.69 Å². The molecule has 160 valence electrons. The van der Waals surface area contributed by atoms with Crippen LogP contribution in [0, 0.1) is 0 Å². The Morgan fingerprint density at radius 1 is 0.875 bits per heavy atom. The highest BCUT2D eigenvalue weighted by atomic mass is 16.2. The van der Waals surface area contributed by atoms with E-state index in [1.807, 2.05) is 82.5 Å². The summed E-state index contributed by atoms with van der Waals surface area (Å²) in [6.45, 7) is 1.42. The number of carbonyl (C=O) groups excluding carboxylic acids is 1. The van der Waals surface area contributed by atoms with E-state index in [0.29, 0.717) is 13.0 Å². The summed E-state index contributed by atoms with van der Waals surface area (Å²) < 4.78 is 1.92. The highest BCUT2D eigenvalue weighted by Gasteiger charge is 2.30. The third kappa shape index (κ3) is 4.33. The lowest BCUT2D eigenvalue weighted by atomic mass is 9.88. The van der Waals surface area contributed by atoms with Gasteiger partial charge in [0.15, 0.2) is 0 Å². The molecule has 0 saturated carbocycles. The predicted molar refractivity (Wildman–Crippen MR) is 125 cm³/mol. The van der Waals surface area contributed by atoms with Crippen molar-refractivity contribution in [2.75, 3.05) is 13.1 Å². The lowest BCUT2D eigenvalue weighted by Gasteiger charge is -2.22. The summed E-state index contributed by atoms with van der Waals surface area (Å²) in [4.78, 5) is 15.3. The van der Waals surface area contributed by atoms with E-state index in [1.165, 1.54) is 11.1 Å². The van der Waals surface area contributed by atoms with Gasteiger partial charge in [-0.25, -0.2) is 4.68 Å². The summed E-state index contributed by atoms with van der Waals surface area (Å²) in [5, 5.41) is 8.69. The van der Waals surface area contributed by atoms with Crippen LogP contribution < -0.4 is 0 Å². The Balaban J connectivity index is 1.29. The molecule has 0 N–H and O–H groups in total. The number of amides is 1. The minimum absolute atomic E-state index is 0.0556. The van der Waals surface area contributed by atoms with Crippen molar-refractivity contribution in [1.82, 2.24) is 19.9 Å². The normalized spacial score (nSPS) is 15.9. The zero-order valence-corrected chi connectivity index (χ0v) is 17.9. The second kappa shape index (κ2) is 9.18. The van der Waals surface area contributed by atoms with E-state index < -0.39 is 0 Å². The Morgan fingerprint density at radius 3 is 2.09 bits per heavy atom. The predicted octanol–water partition coefficient (Wildman–Crippen LogP) is 4.94. The first-order chi connectivity index (χ1) is 15.8. The van der Waals surface area contributed by atoms with Gasteiger partial charge in [-0.1, -0.05) is 96.2 Å². The molecule has 0 bridgehead atoms. The van der Waals surface area contributed by atoms with Gasteiger partial charge in [0, 0.05) is 31.0 Å². The van der Waals surface area contributed by atoms with E-state index in [9.17, 15) is 4.79 Å². The molecule has 5 rings (SSSR count). The maximum absolute atomic E-state index is 13.3. The molecule has 0 aliphatic carbocycles. The van der Waals surface area contributed by atoms with Gasteiger partial charge in [-0.3, -0.25) is 4.79 Å². The van der Waals surface area contributed by atoms with E-state index in [-0.39, 0.29) is 17.9 Å². The van der Waals surface area contributed by atoms with Crippen LogP contribution in [0.1, 0.15) is 35.9 Å². The minimum Gasteiger partial charge on any atom is -0.340 e. The van der Waals surface area contributed by atoms with Crippen LogP contribution in [0.5, 0.6) is 0 Å². The lowest BCUT2D eigenvalue weighted by Crippen LogP contribution is -2.30. The van der Waals surface area contributed by atoms with Crippen molar-refractivity contribution in [2.45, 2.75) is 24.8 Å². The highest BCUT2D eigenvalue weighted by molar-refractivity contribution is 5.78. The van der Waals surface area contributed by atoms with Crippen LogP contribution >= 0.6 is 0 Å². The first-order valence-corrected chi connectivity index (χ1v) is 11.1. The Kier molecular flexibility index (Phi) is 5.79. The van der Waals surface area contributed by atoms with Gasteiger partial charge in [-0.15, -0.1) is 5.10 Å². The van der Waals surface area contributed by atoms with Crippen molar-refractivity contribution in [3.63, 3.8) is 0 Å². The second-order valence-corrected chi connectivity index (χ2v) is 8.31. The summed E-state index contributed by atoms with van der Waals surface area (Å²) in [5.41, 5.74) is 4.26. The van der Waals surface area contributed by atoms with Crippen LogP contribution in [0.25, 0.3) is 11.3 Å².